The van der Waals surface area contributed by atoms with Crippen molar-refractivity contribution in [3.8, 4) is 0 Å². The summed E-state index contributed by atoms with van der Waals surface area (Å²) >= 11 is 0. The van der Waals surface area contributed by atoms with Crippen LogP contribution >= 0.6 is 0 Å². The molecule has 0 saturated carbocycles. The van der Waals surface area contributed by atoms with Crippen LogP contribution in [-0.4, -0.2) is 29.3 Å². The minimum absolute atomic E-state index is 0.103. The maximum Gasteiger partial charge on any atom is 0.150 e. The molecule has 1 aliphatic rings. The summed E-state index contributed by atoms with van der Waals surface area (Å²) < 4.78 is 15.1. The average molecular weight is 463 g/mol. The number of fused-ring (bicyclic) bond motifs is 1. The van der Waals surface area contributed by atoms with Gasteiger partial charge in [0.2, 0.25) is 0 Å². The van der Waals surface area contributed by atoms with Gasteiger partial charge in [0.05, 0.1) is 5.69 Å². The minimum atomic E-state index is -0.347. The van der Waals surface area contributed by atoms with Crippen LogP contribution in [-0.2, 0) is 10.2 Å². The second-order valence-electron chi connectivity index (χ2n) is 9.12. The monoisotopic (exact) mass is 462 g/mol. The third-order valence-electron chi connectivity index (χ3n) is 5.64. The van der Waals surface area contributed by atoms with Crippen LogP contribution in [0.5, 0.6) is 0 Å². The van der Waals surface area contributed by atoms with Gasteiger partial charge in [-0.3, -0.25) is 4.79 Å². The lowest BCUT2D eigenvalue weighted by molar-refractivity contribution is -0.105. The van der Waals surface area contributed by atoms with E-state index in [1.54, 1.807) is 18.2 Å². The topological polar surface area (TPSA) is 109 Å². The highest BCUT2D eigenvalue weighted by atomic mass is 19.1. The SMILES string of the molecule is CC1=C(C=O)C(c2ccc(F)cc2)n2nc(C(C)(C)C)cc2N1.CNc1ccc(N)c(C=N)c1. The van der Waals surface area contributed by atoms with E-state index in [1.165, 1.54) is 18.3 Å². The summed E-state index contributed by atoms with van der Waals surface area (Å²) in [5.74, 6) is 0.541. The molecule has 0 fully saturated rings. The molecule has 1 aromatic heterocycles. The van der Waals surface area contributed by atoms with Gasteiger partial charge in [-0.2, -0.15) is 5.10 Å². The molecule has 0 radical (unpaired) electrons. The lowest BCUT2D eigenvalue weighted by Gasteiger charge is -2.27. The van der Waals surface area contributed by atoms with Crippen molar-refractivity contribution in [2.45, 2.75) is 39.2 Å². The molecular formula is C26H31FN6O. The van der Waals surface area contributed by atoms with Gasteiger partial charge in [0.15, 0.2) is 0 Å². The van der Waals surface area contributed by atoms with Crippen molar-refractivity contribution in [2.75, 3.05) is 23.4 Å². The number of aromatic nitrogens is 2. The van der Waals surface area contributed by atoms with Gasteiger partial charge in [0, 0.05) is 53.0 Å². The number of halogens is 1. The van der Waals surface area contributed by atoms with E-state index in [2.05, 4.69) is 31.4 Å². The number of carbonyl (C=O) groups is 1. The molecular weight excluding hydrogens is 431 g/mol. The summed E-state index contributed by atoms with van der Waals surface area (Å²) in [4.78, 5) is 11.6. The second-order valence-corrected chi connectivity index (χ2v) is 9.12. The van der Waals surface area contributed by atoms with Crippen molar-refractivity contribution in [1.82, 2.24) is 9.78 Å². The number of nitrogens with one attached hydrogen (secondary N) is 3. The number of carbonyl (C=O) groups excluding carboxylic acids is 1. The number of hydrogen-bond donors (Lipinski definition) is 4. The molecule has 1 unspecified atom stereocenters. The van der Waals surface area contributed by atoms with Crippen molar-refractivity contribution in [1.29, 1.82) is 5.41 Å². The second kappa shape index (κ2) is 9.91. The smallest absolute Gasteiger partial charge is 0.150 e. The first-order valence-corrected chi connectivity index (χ1v) is 10.9. The molecule has 4 rings (SSSR count). The third kappa shape index (κ3) is 5.17. The predicted octanol–water partition coefficient (Wildman–Crippen LogP) is 5.12. The first-order valence-electron chi connectivity index (χ1n) is 10.9. The number of nitrogens with zero attached hydrogens (tertiary/aromatic N) is 2. The Kier molecular flexibility index (Phi) is 7.20. The quantitative estimate of drug-likeness (QED) is 0.245. The number of anilines is 3. The van der Waals surface area contributed by atoms with Crippen molar-refractivity contribution in [2.24, 2.45) is 0 Å². The molecule has 0 amide bonds. The fourth-order valence-corrected chi connectivity index (χ4v) is 3.63. The van der Waals surface area contributed by atoms with E-state index in [9.17, 15) is 9.18 Å². The van der Waals surface area contributed by atoms with Crippen LogP contribution in [0.1, 0.15) is 50.6 Å². The lowest BCUT2D eigenvalue weighted by Crippen LogP contribution is -2.25. The van der Waals surface area contributed by atoms with E-state index < -0.39 is 0 Å². The van der Waals surface area contributed by atoms with Gasteiger partial charge in [-0.1, -0.05) is 32.9 Å². The summed E-state index contributed by atoms with van der Waals surface area (Å²) in [5.41, 5.74) is 11.0. The highest BCUT2D eigenvalue weighted by Crippen LogP contribution is 2.37. The van der Waals surface area contributed by atoms with E-state index >= 15 is 0 Å². The van der Waals surface area contributed by atoms with Crippen molar-refractivity contribution < 1.29 is 9.18 Å². The Labute approximate surface area is 199 Å². The number of rotatable bonds is 4. The Morgan fingerprint density at radius 3 is 2.41 bits per heavy atom. The average Bonchev–Trinajstić information content (AvgIpc) is 3.24. The highest BCUT2D eigenvalue weighted by Gasteiger charge is 2.31. The first kappa shape index (κ1) is 24.7. The van der Waals surface area contributed by atoms with Gasteiger partial charge in [0.25, 0.3) is 0 Å². The number of aldehydes is 1. The Morgan fingerprint density at radius 2 is 1.85 bits per heavy atom. The molecule has 3 aromatic rings. The summed E-state index contributed by atoms with van der Waals surface area (Å²) in [6.07, 6.45) is 2.09. The number of benzene rings is 2. The Bertz CT molecular complexity index is 1220. The molecule has 0 saturated heterocycles. The standard InChI is InChI=1S/C18H20FN3O.C8H11N3/c1-11-14(10-23)17(12-5-7-13(19)8-6-12)22-16(20-11)9-15(21-22)18(2,3)4;1-11-7-2-3-8(10)6(4-7)5-9/h5-10,17,20H,1-4H3;2-5,9,11H,10H2,1H3. The van der Waals surface area contributed by atoms with E-state index in [0.29, 0.717) is 11.3 Å². The maximum atomic E-state index is 13.2. The zero-order chi connectivity index (χ0) is 25.0. The Balaban J connectivity index is 0.000000248. The minimum Gasteiger partial charge on any atom is -0.398 e. The first-order chi connectivity index (χ1) is 16.1. The number of hydrogen-bond acceptors (Lipinski definition) is 6. The normalized spacial score (nSPS) is 14.9. The molecule has 1 atom stereocenters. The van der Waals surface area contributed by atoms with E-state index in [4.69, 9.17) is 16.2 Å². The van der Waals surface area contributed by atoms with Crippen molar-refractivity contribution in [3.05, 3.63) is 82.4 Å². The fourth-order valence-electron chi connectivity index (χ4n) is 3.63. The highest BCUT2D eigenvalue weighted by molar-refractivity contribution is 5.86. The third-order valence-corrected chi connectivity index (χ3v) is 5.64. The maximum absolute atomic E-state index is 13.2. The van der Waals surface area contributed by atoms with Crippen molar-refractivity contribution in [3.63, 3.8) is 0 Å². The molecule has 5 N–H and O–H groups in total. The molecule has 7 nitrogen and oxygen atoms in total. The summed E-state index contributed by atoms with van der Waals surface area (Å²) in [6, 6.07) is 13.4. The summed E-state index contributed by atoms with van der Waals surface area (Å²) in [7, 11) is 1.83. The zero-order valence-corrected chi connectivity index (χ0v) is 20.1. The zero-order valence-electron chi connectivity index (χ0n) is 20.1. The predicted molar refractivity (Wildman–Crippen MR) is 136 cm³/mol. The van der Waals surface area contributed by atoms with Gasteiger partial charge < -0.3 is 21.8 Å². The van der Waals surface area contributed by atoms with Crippen LogP contribution in [0.15, 0.2) is 59.8 Å². The molecule has 2 aromatic carbocycles. The van der Waals surface area contributed by atoms with E-state index in [1.807, 2.05) is 36.9 Å². The summed E-state index contributed by atoms with van der Waals surface area (Å²) in [6.45, 7) is 8.15. The number of nitrogen functional groups attached to an aromatic ring is 1. The van der Waals surface area contributed by atoms with Crippen LogP contribution in [0.3, 0.4) is 0 Å². The number of allylic oxidation sites excluding steroid dienone is 2. The largest absolute Gasteiger partial charge is 0.398 e. The van der Waals surface area contributed by atoms with Gasteiger partial charge >= 0.3 is 0 Å². The summed E-state index contributed by atoms with van der Waals surface area (Å²) in [5, 5.41) is 17.9. The fraction of sp³-hybridized carbons (Fsp3) is 0.269. The Hall–Kier alpha value is -3.94. The molecule has 34 heavy (non-hydrogen) atoms. The molecule has 1 aliphatic heterocycles. The molecule has 0 spiro atoms. The molecule has 2 heterocycles. The Morgan fingerprint density at radius 1 is 1.18 bits per heavy atom. The van der Waals surface area contributed by atoms with Crippen LogP contribution in [0.4, 0.5) is 21.6 Å². The van der Waals surface area contributed by atoms with Gasteiger partial charge in [-0.25, -0.2) is 9.07 Å². The van der Waals surface area contributed by atoms with Crippen LogP contribution in [0, 0.1) is 11.2 Å². The van der Waals surface area contributed by atoms with Gasteiger partial charge in [-0.05, 0) is 42.8 Å². The van der Waals surface area contributed by atoms with Crippen molar-refractivity contribution >= 4 is 29.7 Å². The van der Waals surface area contributed by atoms with Gasteiger partial charge in [0.1, 0.15) is 24.0 Å². The molecule has 0 bridgehead atoms. The van der Waals surface area contributed by atoms with Crippen LogP contribution < -0.4 is 16.4 Å². The van der Waals surface area contributed by atoms with E-state index in [-0.39, 0.29) is 17.3 Å². The molecule has 0 aliphatic carbocycles. The number of nitrogens with two attached hydrogens (primary N) is 1. The molecule has 8 heteroatoms. The lowest BCUT2D eigenvalue weighted by atomic mass is 9.92. The van der Waals surface area contributed by atoms with Gasteiger partial charge in [-0.15, -0.1) is 0 Å². The van der Waals surface area contributed by atoms with E-state index in [0.717, 1.165) is 40.3 Å². The van der Waals surface area contributed by atoms with Crippen LogP contribution in [0.2, 0.25) is 0 Å². The molecule has 178 valence electrons. The van der Waals surface area contributed by atoms with Crippen LogP contribution in [0.25, 0.3) is 0 Å².